The molecule has 0 bridgehead atoms. The lowest BCUT2D eigenvalue weighted by Gasteiger charge is -2.36. The number of pyridine rings is 1. The maximum Gasteiger partial charge on any atom is 0.203 e. The minimum atomic E-state index is -0.237. The quantitative estimate of drug-likeness (QED) is 0.661. The van der Waals surface area contributed by atoms with E-state index in [-0.39, 0.29) is 6.29 Å². The fourth-order valence-electron chi connectivity index (χ4n) is 4.11. The number of nitrogens with one attached hydrogen (secondary N) is 2. The number of ether oxygens (including phenoxy) is 2. The fraction of sp³-hybridized carbons (Fsp3) is 0.650. The van der Waals surface area contributed by atoms with Gasteiger partial charge < -0.3 is 29.9 Å². The van der Waals surface area contributed by atoms with E-state index in [0.29, 0.717) is 0 Å². The van der Waals surface area contributed by atoms with Crippen LogP contribution in [0, 0.1) is 0 Å². The van der Waals surface area contributed by atoms with Gasteiger partial charge in [0.2, 0.25) is 12.2 Å². The number of nitrogens with zero attached hydrogens (tertiary/aromatic N) is 6. The lowest BCUT2D eigenvalue weighted by atomic mass is 10.2. The normalized spacial score (nSPS) is 26.1. The summed E-state index contributed by atoms with van der Waals surface area (Å²) in [6.45, 7) is 10.1. The van der Waals surface area contributed by atoms with Gasteiger partial charge in [0.1, 0.15) is 11.7 Å². The van der Waals surface area contributed by atoms with Crippen LogP contribution in [0.4, 0.5) is 5.82 Å². The molecular formula is C20H30N8O2. The Morgan fingerprint density at radius 1 is 0.867 bits per heavy atom. The zero-order chi connectivity index (χ0) is 20.2. The van der Waals surface area contributed by atoms with E-state index >= 15 is 0 Å². The maximum absolute atomic E-state index is 5.53. The third-order valence-electron chi connectivity index (χ3n) is 5.86. The Morgan fingerprint density at radius 3 is 2.37 bits per heavy atom. The van der Waals surface area contributed by atoms with Gasteiger partial charge in [0.25, 0.3) is 0 Å². The number of rotatable bonds is 3. The monoisotopic (exact) mass is 414 g/mol. The Bertz CT molecular complexity index is 783. The molecular weight excluding hydrogens is 384 g/mol. The summed E-state index contributed by atoms with van der Waals surface area (Å²) in [5.74, 6) is 2.72. The molecule has 4 aliphatic heterocycles. The number of aliphatic imine (C=N–C) groups is 2. The van der Waals surface area contributed by atoms with Crippen LogP contribution in [0.2, 0.25) is 0 Å². The van der Waals surface area contributed by atoms with Crippen LogP contribution in [0.3, 0.4) is 0 Å². The van der Waals surface area contributed by atoms with E-state index in [9.17, 15) is 0 Å². The number of amidine groups is 1. The lowest BCUT2D eigenvalue weighted by molar-refractivity contribution is 0.0189. The predicted octanol–water partition coefficient (Wildman–Crippen LogP) is -0.855. The highest BCUT2D eigenvalue weighted by Gasteiger charge is 2.28. The molecule has 1 atom stereocenters. The van der Waals surface area contributed by atoms with Crippen molar-refractivity contribution in [2.24, 2.45) is 9.98 Å². The summed E-state index contributed by atoms with van der Waals surface area (Å²) >= 11 is 0. The van der Waals surface area contributed by atoms with E-state index in [1.165, 1.54) is 0 Å². The molecule has 30 heavy (non-hydrogen) atoms. The molecule has 2 N–H and O–H groups in total. The summed E-state index contributed by atoms with van der Waals surface area (Å²) in [4.78, 5) is 21.4. The molecule has 10 heteroatoms. The SMILES string of the molecule is c1cc(C2=NC(N3CCOCC3)N=C(N3CCOCC3)N2)cc(N2CCNCC2)n1. The van der Waals surface area contributed by atoms with Crippen LogP contribution in [-0.2, 0) is 9.47 Å². The van der Waals surface area contributed by atoms with Crippen molar-refractivity contribution < 1.29 is 9.47 Å². The summed E-state index contributed by atoms with van der Waals surface area (Å²) in [6, 6.07) is 4.16. The number of hydrogen-bond acceptors (Lipinski definition) is 10. The van der Waals surface area contributed by atoms with Crippen molar-refractivity contribution in [3.8, 4) is 0 Å². The van der Waals surface area contributed by atoms with Gasteiger partial charge in [0, 0.05) is 64.1 Å². The molecule has 5 rings (SSSR count). The topological polar surface area (TPSA) is 89.8 Å². The van der Waals surface area contributed by atoms with E-state index in [0.717, 1.165) is 102 Å². The maximum atomic E-state index is 5.53. The van der Waals surface area contributed by atoms with Gasteiger partial charge in [-0.05, 0) is 12.1 Å². The average Bonchev–Trinajstić information content (AvgIpc) is 2.85. The minimum absolute atomic E-state index is 0.237. The molecule has 5 heterocycles. The molecule has 4 aliphatic rings. The molecule has 3 saturated heterocycles. The molecule has 1 aromatic heterocycles. The van der Waals surface area contributed by atoms with Gasteiger partial charge >= 0.3 is 0 Å². The Hall–Kier alpha value is -2.27. The van der Waals surface area contributed by atoms with Crippen LogP contribution in [0.5, 0.6) is 0 Å². The number of aromatic nitrogens is 1. The number of guanidine groups is 1. The number of anilines is 1. The van der Waals surface area contributed by atoms with E-state index in [2.05, 4.69) is 36.4 Å². The van der Waals surface area contributed by atoms with Gasteiger partial charge in [0.05, 0.1) is 26.4 Å². The Balaban J connectivity index is 1.41. The highest BCUT2D eigenvalue weighted by molar-refractivity contribution is 6.10. The summed E-state index contributed by atoms with van der Waals surface area (Å²) in [5.41, 5.74) is 1.04. The molecule has 0 spiro atoms. The van der Waals surface area contributed by atoms with Gasteiger partial charge in [-0.25, -0.2) is 15.0 Å². The zero-order valence-electron chi connectivity index (χ0n) is 17.3. The number of morpholine rings is 2. The van der Waals surface area contributed by atoms with E-state index < -0.39 is 0 Å². The summed E-state index contributed by atoms with van der Waals surface area (Å²) in [6.07, 6.45) is 1.64. The highest BCUT2D eigenvalue weighted by Crippen LogP contribution is 2.18. The molecule has 0 amide bonds. The fourth-order valence-corrected chi connectivity index (χ4v) is 4.11. The summed E-state index contributed by atoms with van der Waals surface area (Å²) in [5, 5.41) is 6.89. The smallest absolute Gasteiger partial charge is 0.203 e. The van der Waals surface area contributed by atoms with Gasteiger partial charge in [0.15, 0.2) is 0 Å². The lowest BCUT2D eigenvalue weighted by Crippen LogP contribution is -2.54. The van der Waals surface area contributed by atoms with Crippen molar-refractivity contribution in [1.82, 2.24) is 25.4 Å². The van der Waals surface area contributed by atoms with E-state index in [1.54, 1.807) is 0 Å². The third-order valence-corrected chi connectivity index (χ3v) is 5.86. The molecule has 1 aromatic rings. The van der Waals surface area contributed by atoms with Gasteiger partial charge in [-0.1, -0.05) is 0 Å². The van der Waals surface area contributed by atoms with Crippen molar-refractivity contribution in [1.29, 1.82) is 0 Å². The molecule has 162 valence electrons. The third kappa shape index (κ3) is 4.41. The van der Waals surface area contributed by atoms with Crippen molar-refractivity contribution in [2.75, 3.05) is 83.7 Å². The first kappa shape index (κ1) is 19.7. The molecule has 3 fully saturated rings. The van der Waals surface area contributed by atoms with Crippen LogP contribution in [0.1, 0.15) is 5.56 Å². The van der Waals surface area contributed by atoms with Crippen LogP contribution in [0.25, 0.3) is 0 Å². The van der Waals surface area contributed by atoms with Crippen LogP contribution in [0.15, 0.2) is 28.3 Å². The summed E-state index contributed by atoms with van der Waals surface area (Å²) < 4.78 is 11.1. The van der Waals surface area contributed by atoms with Crippen molar-refractivity contribution in [3.63, 3.8) is 0 Å². The first-order valence-corrected chi connectivity index (χ1v) is 10.9. The molecule has 0 radical (unpaired) electrons. The van der Waals surface area contributed by atoms with E-state index in [4.69, 9.17) is 19.5 Å². The van der Waals surface area contributed by atoms with Gasteiger partial charge in [-0.15, -0.1) is 0 Å². The largest absolute Gasteiger partial charge is 0.379 e. The average molecular weight is 415 g/mol. The second-order valence-electron chi connectivity index (χ2n) is 7.79. The number of hydrogen-bond donors (Lipinski definition) is 2. The van der Waals surface area contributed by atoms with E-state index in [1.807, 2.05) is 12.3 Å². The molecule has 0 aliphatic carbocycles. The molecule has 10 nitrogen and oxygen atoms in total. The van der Waals surface area contributed by atoms with Crippen molar-refractivity contribution >= 4 is 17.6 Å². The molecule has 1 unspecified atom stereocenters. The second-order valence-corrected chi connectivity index (χ2v) is 7.79. The van der Waals surface area contributed by atoms with Crippen LogP contribution >= 0.6 is 0 Å². The van der Waals surface area contributed by atoms with Gasteiger partial charge in [-0.2, -0.15) is 0 Å². The Labute approximate surface area is 176 Å². The van der Waals surface area contributed by atoms with Gasteiger partial charge in [-0.3, -0.25) is 4.90 Å². The Morgan fingerprint density at radius 2 is 1.60 bits per heavy atom. The van der Waals surface area contributed by atoms with Crippen LogP contribution in [-0.4, -0.2) is 112 Å². The first-order chi connectivity index (χ1) is 14.9. The first-order valence-electron chi connectivity index (χ1n) is 10.9. The summed E-state index contributed by atoms with van der Waals surface area (Å²) in [7, 11) is 0. The second kappa shape index (κ2) is 9.25. The highest BCUT2D eigenvalue weighted by atomic mass is 16.5. The Kier molecular flexibility index (Phi) is 6.07. The van der Waals surface area contributed by atoms with Crippen LogP contribution < -0.4 is 15.5 Å². The predicted molar refractivity (Wildman–Crippen MR) is 115 cm³/mol. The minimum Gasteiger partial charge on any atom is -0.379 e. The van der Waals surface area contributed by atoms with Crippen molar-refractivity contribution in [3.05, 3.63) is 23.9 Å². The zero-order valence-corrected chi connectivity index (χ0v) is 17.3. The van der Waals surface area contributed by atoms with Crippen molar-refractivity contribution in [2.45, 2.75) is 6.29 Å². The molecule has 0 aromatic carbocycles. The number of piperazine rings is 1. The standard InChI is InChI=1S/C20H30N8O2/c1-2-22-17(26-5-3-21-4-6-26)15-16(1)18-23-19(27-7-11-29-12-8-27)25-20(24-18)28-9-13-30-14-10-28/h1-2,15,19,21H,3-14H2,(H,23,24,25). The molecule has 0 saturated carbocycles.